The molecular weight excluding hydrogens is 315 g/mol. The Kier molecular flexibility index (Phi) is 3.94. The van der Waals surface area contributed by atoms with Crippen molar-refractivity contribution in [3.63, 3.8) is 0 Å². The number of non-ortho nitro benzene ring substituents is 1. The van der Waals surface area contributed by atoms with E-state index in [9.17, 15) is 14.5 Å². The summed E-state index contributed by atoms with van der Waals surface area (Å²) in [6.45, 7) is 0. The number of hydrogen-bond acceptors (Lipinski definition) is 2. The Labute approximate surface area is 122 Å². The fourth-order valence-corrected chi connectivity index (χ4v) is 2.21. The van der Waals surface area contributed by atoms with Crippen molar-refractivity contribution in [3.05, 3.63) is 61.3 Å². The van der Waals surface area contributed by atoms with Crippen molar-refractivity contribution in [2.45, 2.75) is 0 Å². The summed E-state index contributed by atoms with van der Waals surface area (Å²) in [7, 11) is 0. The van der Waals surface area contributed by atoms with Crippen molar-refractivity contribution in [2.24, 2.45) is 0 Å². The lowest BCUT2D eigenvalue weighted by molar-refractivity contribution is -0.385. The summed E-state index contributed by atoms with van der Waals surface area (Å²) >= 11 is 17.6. The zero-order valence-electron chi connectivity index (χ0n) is 9.16. The molecule has 0 unspecified atom stereocenters. The van der Waals surface area contributed by atoms with Gasteiger partial charge in [0.05, 0.1) is 26.1 Å². The second-order valence-corrected chi connectivity index (χ2v) is 4.81. The third kappa shape index (κ3) is 2.66. The van der Waals surface area contributed by atoms with Crippen LogP contribution in [0.15, 0.2) is 30.3 Å². The quantitative estimate of drug-likeness (QED) is 0.424. The van der Waals surface area contributed by atoms with Crippen molar-refractivity contribution in [3.8, 4) is 11.1 Å². The highest BCUT2D eigenvalue weighted by atomic mass is 35.5. The summed E-state index contributed by atoms with van der Waals surface area (Å²) in [5, 5.41) is 11.0. The van der Waals surface area contributed by atoms with Gasteiger partial charge in [-0.05, 0) is 12.1 Å². The highest BCUT2D eigenvalue weighted by Gasteiger charge is 2.16. The summed E-state index contributed by atoms with van der Waals surface area (Å²) in [5.41, 5.74) is 0.107. The van der Waals surface area contributed by atoms with Crippen molar-refractivity contribution in [1.82, 2.24) is 0 Å². The molecule has 0 atom stereocenters. The molecule has 0 saturated carbocycles. The molecule has 98 valence electrons. The number of nitrogens with zero attached hydrogens (tertiary/aromatic N) is 1. The van der Waals surface area contributed by atoms with Gasteiger partial charge in [-0.2, -0.15) is 0 Å². The van der Waals surface area contributed by atoms with Gasteiger partial charge in [-0.15, -0.1) is 0 Å². The molecule has 7 heteroatoms. The first-order chi connectivity index (χ1) is 8.91. The SMILES string of the molecule is O=[N+]([O-])c1ccc(-c2ccc(Cl)c(Cl)c2Cl)c(F)c1. The Morgan fingerprint density at radius 1 is 1.00 bits per heavy atom. The molecule has 0 bridgehead atoms. The lowest BCUT2D eigenvalue weighted by Gasteiger charge is -2.08. The number of nitro groups is 1. The standard InChI is InChI=1S/C12H5Cl3FNO2/c13-9-4-3-8(11(14)12(9)15)7-2-1-6(17(18)19)5-10(7)16/h1-5H. The molecule has 0 spiro atoms. The molecule has 0 amide bonds. The third-order valence-corrected chi connectivity index (χ3v) is 3.78. The Morgan fingerprint density at radius 3 is 2.21 bits per heavy atom. The summed E-state index contributed by atoms with van der Waals surface area (Å²) in [6.07, 6.45) is 0. The summed E-state index contributed by atoms with van der Waals surface area (Å²) in [5.74, 6) is -0.755. The number of halogens is 4. The zero-order valence-corrected chi connectivity index (χ0v) is 11.4. The van der Waals surface area contributed by atoms with E-state index in [1.54, 1.807) is 0 Å². The van der Waals surface area contributed by atoms with Crippen LogP contribution in [0.2, 0.25) is 15.1 Å². The van der Waals surface area contributed by atoms with Gasteiger partial charge >= 0.3 is 0 Å². The molecule has 19 heavy (non-hydrogen) atoms. The van der Waals surface area contributed by atoms with Crippen LogP contribution >= 0.6 is 34.8 Å². The van der Waals surface area contributed by atoms with Crippen molar-refractivity contribution in [1.29, 1.82) is 0 Å². The Hall–Kier alpha value is -1.36. The van der Waals surface area contributed by atoms with E-state index in [0.717, 1.165) is 6.07 Å². The summed E-state index contributed by atoms with van der Waals surface area (Å²) < 4.78 is 13.9. The van der Waals surface area contributed by atoms with Crippen LogP contribution in [0.25, 0.3) is 11.1 Å². The number of hydrogen-bond donors (Lipinski definition) is 0. The lowest BCUT2D eigenvalue weighted by atomic mass is 10.0. The second-order valence-electron chi connectivity index (χ2n) is 3.64. The van der Waals surface area contributed by atoms with Gasteiger partial charge in [0.15, 0.2) is 0 Å². The van der Waals surface area contributed by atoms with Crippen LogP contribution in [-0.4, -0.2) is 4.92 Å². The van der Waals surface area contributed by atoms with Crippen molar-refractivity contribution < 1.29 is 9.31 Å². The Bertz CT molecular complexity index is 676. The first kappa shape index (κ1) is 14.1. The van der Waals surface area contributed by atoms with Gasteiger partial charge < -0.3 is 0 Å². The molecule has 2 rings (SSSR count). The van der Waals surface area contributed by atoms with Gasteiger partial charge in [0.1, 0.15) is 5.82 Å². The fraction of sp³-hybridized carbons (Fsp3) is 0. The maximum atomic E-state index is 13.9. The van der Waals surface area contributed by atoms with Crippen LogP contribution in [-0.2, 0) is 0 Å². The van der Waals surface area contributed by atoms with E-state index < -0.39 is 10.7 Å². The Balaban J connectivity index is 2.60. The molecule has 2 aromatic rings. The minimum Gasteiger partial charge on any atom is -0.258 e. The van der Waals surface area contributed by atoms with Gasteiger partial charge in [0.25, 0.3) is 5.69 Å². The van der Waals surface area contributed by atoms with E-state index in [1.165, 1.54) is 24.3 Å². The minimum atomic E-state index is -0.755. The van der Waals surface area contributed by atoms with Crippen LogP contribution in [0, 0.1) is 15.9 Å². The highest BCUT2D eigenvalue weighted by molar-refractivity contribution is 6.49. The van der Waals surface area contributed by atoms with Crippen LogP contribution in [0.5, 0.6) is 0 Å². The van der Waals surface area contributed by atoms with Crippen molar-refractivity contribution >= 4 is 40.5 Å². The molecule has 2 aromatic carbocycles. The third-order valence-electron chi connectivity index (χ3n) is 2.49. The van der Waals surface area contributed by atoms with E-state index in [4.69, 9.17) is 34.8 Å². The van der Waals surface area contributed by atoms with E-state index >= 15 is 0 Å². The zero-order chi connectivity index (χ0) is 14.2. The van der Waals surface area contributed by atoms with Gasteiger partial charge in [-0.1, -0.05) is 40.9 Å². The maximum Gasteiger partial charge on any atom is 0.272 e. The molecule has 0 fully saturated rings. The molecule has 0 saturated heterocycles. The molecule has 3 nitrogen and oxygen atoms in total. The van der Waals surface area contributed by atoms with E-state index in [-0.39, 0.29) is 26.3 Å². The normalized spacial score (nSPS) is 10.5. The van der Waals surface area contributed by atoms with Crippen LogP contribution in [0.4, 0.5) is 10.1 Å². The molecule has 0 heterocycles. The molecule has 0 aliphatic carbocycles. The molecule has 0 aliphatic rings. The average Bonchev–Trinajstić information content (AvgIpc) is 2.37. The largest absolute Gasteiger partial charge is 0.272 e. The molecular formula is C12H5Cl3FNO2. The monoisotopic (exact) mass is 319 g/mol. The number of benzene rings is 2. The molecule has 0 N–H and O–H groups in total. The topological polar surface area (TPSA) is 43.1 Å². The Morgan fingerprint density at radius 2 is 1.63 bits per heavy atom. The predicted molar refractivity (Wildman–Crippen MR) is 73.5 cm³/mol. The summed E-state index contributed by atoms with van der Waals surface area (Å²) in [4.78, 5) is 9.86. The van der Waals surface area contributed by atoms with Crippen LogP contribution in [0.3, 0.4) is 0 Å². The summed E-state index contributed by atoms with van der Waals surface area (Å²) in [6, 6.07) is 6.27. The molecule has 0 aliphatic heterocycles. The molecule has 0 aromatic heterocycles. The lowest BCUT2D eigenvalue weighted by Crippen LogP contribution is -1.92. The van der Waals surface area contributed by atoms with Gasteiger partial charge in [-0.3, -0.25) is 10.1 Å². The van der Waals surface area contributed by atoms with Gasteiger partial charge in [0.2, 0.25) is 0 Å². The predicted octanol–water partition coefficient (Wildman–Crippen LogP) is 5.36. The van der Waals surface area contributed by atoms with E-state index in [2.05, 4.69) is 0 Å². The average molecular weight is 321 g/mol. The number of nitro benzene ring substituents is 1. The smallest absolute Gasteiger partial charge is 0.258 e. The van der Waals surface area contributed by atoms with Gasteiger partial charge in [0, 0.05) is 17.2 Å². The first-order valence-corrected chi connectivity index (χ1v) is 6.13. The number of rotatable bonds is 2. The van der Waals surface area contributed by atoms with Gasteiger partial charge in [-0.25, -0.2) is 4.39 Å². The maximum absolute atomic E-state index is 13.9. The van der Waals surface area contributed by atoms with Crippen LogP contribution < -0.4 is 0 Å². The fourth-order valence-electron chi connectivity index (χ4n) is 1.57. The first-order valence-electron chi connectivity index (χ1n) is 4.99. The van der Waals surface area contributed by atoms with E-state index in [1.807, 2.05) is 0 Å². The second kappa shape index (κ2) is 5.33. The van der Waals surface area contributed by atoms with Crippen LogP contribution in [0.1, 0.15) is 0 Å². The van der Waals surface area contributed by atoms with E-state index in [0.29, 0.717) is 5.56 Å². The highest BCUT2D eigenvalue weighted by Crippen LogP contribution is 2.39. The minimum absolute atomic E-state index is 0.0990. The molecule has 0 radical (unpaired) electrons. The van der Waals surface area contributed by atoms with Crippen molar-refractivity contribution in [2.75, 3.05) is 0 Å².